The summed E-state index contributed by atoms with van der Waals surface area (Å²) >= 11 is 6.16. The van der Waals surface area contributed by atoms with Gasteiger partial charge < -0.3 is 52.0 Å². The number of aryl methyl sites for hydroxylation is 4. The molecule has 4 fully saturated rings. The molecule has 4 unspecified atom stereocenters. The molecule has 8 aromatic heterocycles. The zero-order valence-electron chi connectivity index (χ0n) is 61.5. The number of aromatic amines is 4. The Bertz CT molecular complexity index is 5030. The minimum atomic E-state index is -0.470. The van der Waals surface area contributed by atoms with Crippen molar-refractivity contribution < 1.29 is 27.4 Å². The number of aliphatic hydroxyl groups excluding tert-OH is 1. The fraction of sp³-hybridized carbons (Fsp3) is 0.333. The fourth-order valence-corrected chi connectivity index (χ4v) is 12.5. The molecular formula is C78H87ClF4N24O2. The third kappa shape index (κ3) is 21.2. The van der Waals surface area contributed by atoms with E-state index < -0.39 is 23.7 Å². The van der Waals surface area contributed by atoms with E-state index in [1.165, 1.54) is 87.4 Å². The Morgan fingerprint density at radius 3 is 1.26 bits per heavy atom. The van der Waals surface area contributed by atoms with Gasteiger partial charge in [0, 0.05) is 120 Å². The number of hydrogen-bond acceptors (Lipinski definition) is 22. The maximum atomic E-state index is 14.2. The molecule has 12 N–H and O–H groups in total. The Morgan fingerprint density at radius 1 is 0.440 bits per heavy atom. The van der Waals surface area contributed by atoms with E-state index in [2.05, 4.69) is 136 Å². The van der Waals surface area contributed by atoms with Crippen LogP contribution in [0.4, 0.5) is 87.4 Å². The van der Waals surface area contributed by atoms with Gasteiger partial charge in [0.05, 0.1) is 37.4 Å². The first-order valence-electron chi connectivity index (χ1n) is 36.2. The van der Waals surface area contributed by atoms with Gasteiger partial charge in [0.1, 0.15) is 93.1 Å². The van der Waals surface area contributed by atoms with Gasteiger partial charge in [0.15, 0.2) is 23.3 Å². The van der Waals surface area contributed by atoms with Crippen LogP contribution in [0.5, 0.6) is 0 Å². The maximum Gasteiger partial charge on any atom is 0.153 e. The lowest BCUT2D eigenvalue weighted by molar-refractivity contribution is 0.186. The van der Waals surface area contributed by atoms with Crippen LogP contribution in [0.3, 0.4) is 0 Å². The van der Waals surface area contributed by atoms with Crippen molar-refractivity contribution in [2.75, 3.05) is 69.5 Å². The Kier molecular flexibility index (Phi) is 23.9. The summed E-state index contributed by atoms with van der Waals surface area (Å²) < 4.78 is 59.5. The van der Waals surface area contributed by atoms with Gasteiger partial charge in [-0.1, -0.05) is 60.1 Å². The molecule has 26 nitrogen and oxygen atoms in total. The molecule has 4 aliphatic rings. The van der Waals surface area contributed by atoms with Crippen LogP contribution in [0.25, 0.3) is 0 Å². The molecule has 4 aromatic carbocycles. The molecule has 8 heterocycles. The van der Waals surface area contributed by atoms with Crippen LogP contribution in [-0.4, -0.2) is 113 Å². The molecule has 12 aromatic rings. The minimum absolute atomic E-state index is 0.00482. The van der Waals surface area contributed by atoms with Crippen molar-refractivity contribution in [3.63, 3.8) is 0 Å². The number of ether oxygens (including phenoxy) is 1. The standard InChI is InChI=1S/C20H22F2N6.C20H24N6O.C19H20ClFN6.C19H21FN6O/c1-11(15-8-14(21)6-7-16(15)22)28(3)20-10-18(23-12(2)24-20)25-19-9-17(26-27-19)13-4-5-13;1-13-21-18(23-17(12-27-2)14-6-4-3-5-7-14)11-19(22-13)24-20-10-16(25-26-20)15-8-9-15;1-10(14-6-5-13(21)7-15(14)20)22-17-9-18(24-11(2)23-17)25-19-8-16(26-27-19)12-3-4-12;1-11-21-17(23-16(10-27)13-4-6-14(20)7-5-13)9-18(22-11)24-19-8-15(25-26-19)12-2-3-12/h6-11,13H,4-5H2,1-3H3,(H2,23,24,25,26,27);3-7,10-11,15,17H,8-9,12H2,1-2H3,(H3,21,22,23,24,25,26);5-10,12H,3-4H2,1-2H3,(H3,22,23,24,25,26,27);4-9,12,16,27H,2-3,10H2,1H3,(H3,21,22,23,24,25,26). The predicted octanol–water partition coefficient (Wildman–Crippen LogP) is 17.0. The van der Waals surface area contributed by atoms with Gasteiger partial charge in [0.25, 0.3) is 0 Å². The number of rotatable bonds is 27. The molecule has 4 aliphatic carbocycles. The average Bonchev–Trinajstić information content (AvgIpc) is 1.47. The van der Waals surface area contributed by atoms with Crippen LogP contribution < -0.4 is 42.1 Å². The monoisotopic (exact) mass is 1500 g/mol. The lowest BCUT2D eigenvalue weighted by Gasteiger charge is -2.27. The topological polar surface area (TPSA) is 335 Å². The van der Waals surface area contributed by atoms with Crippen molar-refractivity contribution in [1.29, 1.82) is 0 Å². The van der Waals surface area contributed by atoms with Crippen molar-refractivity contribution in [3.05, 3.63) is 236 Å². The van der Waals surface area contributed by atoms with E-state index in [1.54, 1.807) is 70.2 Å². The second kappa shape index (κ2) is 34.5. The summed E-state index contributed by atoms with van der Waals surface area (Å²) in [5.74, 6) is 11.3. The summed E-state index contributed by atoms with van der Waals surface area (Å²) in [6, 6.07) is 38.4. The minimum Gasteiger partial charge on any atom is -0.394 e. The maximum absolute atomic E-state index is 14.2. The highest BCUT2D eigenvalue weighted by molar-refractivity contribution is 6.31. The highest BCUT2D eigenvalue weighted by Crippen LogP contribution is 2.43. The van der Waals surface area contributed by atoms with E-state index >= 15 is 0 Å². The SMILES string of the molecule is COCC(Nc1cc(Nc2cc(C3CC3)[nH]n2)nc(C)n1)c1ccccc1.Cc1nc(Nc2cc(C3CC3)[nH]n2)cc(N(C)C(C)c2cc(F)ccc2F)n1.Cc1nc(Nc2cc(C3CC3)[nH]n2)cc(NC(C)c2ccc(F)cc2Cl)n1.Cc1nc(Nc2cc(C3CC3)[nH]n2)cc(NC(CO)c2ccc(F)cc2)n1. The van der Waals surface area contributed by atoms with E-state index in [1.807, 2.05) is 69.3 Å². The number of hydrogen-bond donors (Lipinski definition) is 12. The number of aromatic nitrogens is 16. The molecule has 109 heavy (non-hydrogen) atoms. The van der Waals surface area contributed by atoms with E-state index in [0.717, 1.165) is 63.4 Å². The van der Waals surface area contributed by atoms with Gasteiger partial charge in [-0.15, -0.1) is 0 Å². The molecule has 0 spiro atoms. The Labute approximate surface area is 632 Å². The molecule has 0 radical (unpaired) electrons. The van der Waals surface area contributed by atoms with Gasteiger partial charge in [0.2, 0.25) is 0 Å². The molecule has 4 saturated carbocycles. The summed E-state index contributed by atoms with van der Waals surface area (Å²) in [5, 5.41) is 62.3. The number of benzene rings is 4. The molecule has 0 saturated heterocycles. The highest BCUT2D eigenvalue weighted by Gasteiger charge is 2.30. The van der Waals surface area contributed by atoms with Crippen molar-refractivity contribution in [1.82, 2.24) is 80.7 Å². The van der Waals surface area contributed by atoms with Crippen LogP contribution in [0.1, 0.15) is 181 Å². The molecule has 16 rings (SSSR count). The van der Waals surface area contributed by atoms with Gasteiger partial charge in [-0.25, -0.2) is 57.4 Å². The molecular weight excluding hydrogens is 1420 g/mol. The van der Waals surface area contributed by atoms with Gasteiger partial charge in [-0.3, -0.25) is 20.4 Å². The summed E-state index contributed by atoms with van der Waals surface area (Å²) in [7, 11) is 3.49. The number of halogens is 5. The van der Waals surface area contributed by atoms with Crippen LogP contribution in [0, 0.1) is 51.0 Å². The lowest BCUT2D eigenvalue weighted by atomic mass is 10.1. The van der Waals surface area contributed by atoms with Crippen molar-refractivity contribution in [3.8, 4) is 0 Å². The Balaban J connectivity index is 0.000000128. The molecule has 566 valence electrons. The van der Waals surface area contributed by atoms with Gasteiger partial charge in [-0.05, 0) is 152 Å². The van der Waals surface area contributed by atoms with Gasteiger partial charge in [-0.2, -0.15) is 20.4 Å². The second-order valence-electron chi connectivity index (χ2n) is 27.6. The summed E-state index contributed by atoms with van der Waals surface area (Å²) in [4.78, 5) is 37.2. The van der Waals surface area contributed by atoms with Crippen molar-refractivity contribution >= 4 is 81.4 Å². The fourth-order valence-electron chi connectivity index (χ4n) is 12.2. The van der Waals surface area contributed by atoms with E-state index in [-0.39, 0.29) is 35.9 Å². The average molecular weight is 1500 g/mol. The third-order valence-electron chi connectivity index (χ3n) is 18.6. The summed E-state index contributed by atoms with van der Waals surface area (Å²) in [5.41, 5.74) is 7.59. The van der Waals surface area contributed by atoms with E-state index in [4.69, 9.17) is 16.3 Å². The molecule has 0 bridgehead atoms. The Hall–Kier alpha value is -11.6. The molecule has 31 heteroatoms. The van der Waals surface area contributed by atoms with Crippen LogP contribution in [-0.2, 0) is 4.74 Å². The van der Waals surface area contributed by atoms with Crippen LogP contribution in [0.15, 0.2) is 140 Å². The largest absolute Gasteiger partial charge is 0.394 e. The second-order valence-corrected chi connectivity index (χ2v) is 28.0. The summed E-state index contributed by atoms with van der Waals surface area (Å²) in [6.45, 7) is 11.4. The Morgan fingerprint density at radius 2 is 0.826 bits per heavy atom. The van der Waals surface area contributed by atoms with E-state index in [9.17, 15) is 22.7 Å². The summed E-state index contributed by atoms with van der Waals surface area (Å²) in [6.07, 6.45) is 9.70. The third-order valence-corrected chi connectivity index (χ3v) is 18.9. The number of nitrogens with zero attached hydrogens (tertiary/aromatic N) is 13. The first-order valence-corrected chi connectivity index (χ1v) is 36.6. The first kappa shape index (κ1) is 75.6. The number of aliphatic hydroxyl groups is 1. The predicted molar refractivity (Wildman–Crippen MR) is 414 cm³/mol. The molecule has 4 atom stereocenters. The normalized spacial score (nSPS) is 14.8. The van der Waals surface area contributed by atoms with Gasteiger partial charge >= 0.3 is 0 Å². The van der Waals surface area contributed by atoms with Crippen molar-refractivity contribution in [2.45, 2.75) is 141 Å². The van der Waals surface area contributed by atoms with Crippen LogP contribution in [0.2, 0.25) is 5.02 Å². The van der Waals surface area contributed by atoms with Crippen LogP contribution >= 0.6 is 11.6 Å². The van der Waals surface area contributed by atoms with E-state index in [0.29, 0.717) is 111 Å². The number of anilines is 12. The number of methoxy groups -OCH3 is 1. The zero-order valence-corrected chi connectivity index (χ0v) is 62.3. The quantitative estimate of drug-likeness (QED) is 0.0213. The van der Waals surface area contributed by atoms with Crippen molar-refractivity contribution in [2.24, 2.45) is 0 Å². The highest BCUT2D eigenvalue weighted by atomic mass is 35.5. The number of nitrogens with one attached hydrogen (secondary N) is 11. The first-order chi connectivity index (χ1) is 52.7. The molecule has 0 aliphatic heterocycles. The number of H-pyrrole nitrogens is 4. The molecule has 0 amide bonds. The zero-order chi connectivity index (χ0) is 76.2. The smallest absolute Gasteiger partial charge is 0.153 e. The lowest BCUT2D eigenvalue weighted by Crippen LogP contribution is -2.24.